The molecule has 0 aliphatic rings. The van der Waals surface area contributed by atoms with Crippen LogP contribution >= 0.6 is 22.9 Å². The number of amides is 1. The monoisotopic (exact) mass is 336 g/mol. The zero-order chi connectivity index (χ0) is 16.0. The summed E-state index contributed by atoms with van der Waals surface area (Å²) in [6, 6.07) is 3.90. The number of fused-ring (bicyclic) bond motifs is 1. The molecule has 0 radical (unpaired) electrons. The van der Waals surface area contributed by atoms with Crippen molar-refractivity contribution in [3.8, 4) is 0 Å². The van der Waals surface area contributed by atoms with Gasteiger partial charge in [-0.05, 0) is 44.5 Å². The highest BCUT2D eigenvalue weighted by molar-refractivity contribution is 7.19. The molecule has 0 fully saturated rings. The number of hydrogen-bond acceptors (Lipinski definition) is 2. The van der Waals surface area contributed by atoms with Crippen LogP contribution in [0.5, 0.6) is 0 Å². The number of carbonyl (C=O) groups excluding carboxylic acids is 1. The van der Waals surface area contributed by atoms with E-state index in [1.165, 1.54) is 18.2 Å². The number of benzene rings is 1. The average molecular weight is 337 g/mol. The summed E-state index contributed by atoms with van der Waals surface area (Å²) in [6.45, 7) is 5.92. The minimum absolute atomic E-state index is 0.177. The lowest BCUT2D eigenvalue weighted by molar-refractivity contribution is 0.102. The Balaban J connectivity index is 2.02. The number of H-pyrrole nitrogens is 1. The summed E-state index contributed by atoms with van der Waals surface area (Å²) in [6.07, 6.45) is 0. The van der Waals surface area contributed by atoms with E-state index in [-0.39, 0.29) is 10.9 Å². The van der Waals surface area contributed by atoms with Gasteiger partial charge in [-0.25, -0.2) is 4.39 Å². The van der Waals surface area contributed by atoms with Crippen LogP contribution in [-0.2, 0) is 0 Å². The van der Waals surface area contributed by atoms with Crippen molar-refractivity contribution in [2.75, 3.05) is 5.32 Å². The molecule has 3 nitrogen and oxygen atoms in total. The average Bonchev–Trinajstić information content (AvgIpc) is 2.89. The summed E-state index contributed by atoms with van der Waals surface area (Å²) < 4.78 is 14.2. The normalized spacial score (nSPS) is 11.1. The molecule has 0 bridgehead atoms. The number of carbonyl (C=O) groups is 1. The fourth-order valence-corrected chi connectivity index (χ4v) is 3.81. The highest BCUT2D eigenvalue weighted by Crippen LogP contribution is 2.35. The number of aromatic nitrogens is 1. The van der Waals surface area contributed by atoms with Gasteiger partial charge in [0.1, 0.15) is 5.82 Å². The minimum Gasteiger partial charge on any atom is -0.357 e. The van der Waals surface area contributed by atoms with E-state index in [0.29, 0.717) is 11.3 Å². The largest absolute Gasteiger partial charge is 0.357 e. The predicted octanol–water partition coefficient (Wildman–Crippen LogP) is 5.20. The number of aryl methyl sites for hydroxylation is 3. The van der Waals surface area contributed by atoms with E-state index in [1.807, 2.05) is 20.8 Å². The van der Waals surface area contributed by atoms with Crippen LogP contribution in [0.15, 0.2) is 18.2 Å². The molecule has 2 heterocycles. The molecule has 0 saturated heterocycles. The molecular weight excluding hydrogens is 323 g/mol. The molecule has 114 valence electrons. The SMILES string of the molecule is Cc1[nH]c2c(C(=O)Nc3ccc(F)cc3Cl)c(C)sc2c1C. The van der Waals surface area contributed by atoms with Crippen LogP contribution in [0.2, 0.25) is 5.02 Å². The maximum Gasteiger partial charge on any atom is 0.258 e. The Morgan fingerprint density at radius 2 is 2.05 bits per heavy atom. The zero-order valence-corrected chi connectivity index (χ0v) is 13.9. The minimum atomic E-state index is -0.437. The van der Waals surface area contributed by atoms with E-state index in [9.17, 15) is 9.18 Å². The van der Waals surface area contributed by atoms with Gasteiger partial charge in [-0.3, -0.25) is 4.79 Å². The first-order valence-corrected chi connectivity index (χ1v) is 7.92. The highest BCUT2D eigenvalue weighted by Gasteiger charge is 2.20. The second kappa shape index (κ2) is 5.41. The van der Waals surface area contributed by atoms with Crippen LogP contribution in [0.1, 0.15) is 26.5 Å². The highest BCUT2D eigenvalue weighted by atomic mass is 35.5. The van der Waals surface area contributed by atoms with Crippen LogP contribution in [-0.4, -0.2) is 10.9 Å². The number of hydrogen-bond donors (Lipinski definition) is 2. The fraction of sp³-hybridized carbons (Fsp3) is 0.188. The van der Waals surface area contributed by atoms with E-state index < -0.39 is 5.82 Å². The predicted molar refractivity (Wildman–Crippen MR) is 89.7 cm³/mol. The van der Waals surface area contributed by atoms with E-state index in [2.05, 4.69) is 10.3 Å². The van der Waals surface area contributed by atoms with Crippen molar-refractivity contribution in [1.82, 2.24) is 4.98 Å². The molecule has 3 aromatic rings. The van der Waals surface area contributed by atoms with Gasteiger partial charge in [0.15, 0.2) is 0 Å². The van der Waals surface area contributed by atoms with Gasteiger partial charge in [0.05, 0.1) is 26.5 Å². The summed E-state index contributed by atoms with van der Waals surface area (Å²) >= 11 is 7.55. The Kier molecular flexibility index (Phi) is 3.70. The lowest BCUT2D eigenvalue weighted by Gasteiger charge is -2.07. The quantitative estimate of drug-likeness (QED) is 0.663. The van der Waals surface area contributed by atoms with Gasteiger partial charge in [0.2, 0.25) is 0 Å². The number of anilines is 1. The number of thiophene rings is 1. The third-order valence-electron chi connectivity index (χ3n) is 3.71. The molecule has 0 aliphatic carbocycles. The fourth-order valence-electron chi connectivity index (χ4n) is 2.43. The van der Waals surface area contributed by atoms with Crippen LogP contribution in [0.25, 0.3) is 10.2 Å². The van der Waals surface area contributed by atoms with Crippen molar-refractivity contribution >= 4 is 44.7 Å². The molecule has 0 aliphatic heterocycles. The van der Waals surface area contributed by atoms with Crippen LogP contribution in [0, 0.1) is 26.6 Å². The molecule has 1 amide bonds. The van der Waals surface area contributed by atoms with Gasteiger partial charge in [0.25, 0.3) is 5.91 Å². The molecule has 0 saturated carbocycles. The molecule has 22 heavy (non-hydrogen) atoms. The molecule has 0 atom stereocenters. The van der Waals surface area contributed by atoms with Crippen LogP contribution in [0.3, 0.4) is 0 Å². The Morgan fingerprint density at radius 1 is 1.32 bits per heavy atom. The summed E-state index contributed by atoms with van der Waals surface area (Å²) in [5.41, 5.74) is 4.05. The van der Waals surface area contributed by atoms with Crippen molar-refractivity contribution in [3.05, 3.63) is 50.7 Å². The molecule has 2 N–H and O–H groups in total. The Hall–Kier alpha value is -1.85. The Morgan fingerprint density at radius 3 is 2.73 bits per heavy atom. The topological polar surface area (TPSA) is 44.9 Å². The van der Waals surface area contributed by atoms with Crippen molar-refractivity contribution in [3.63, 3.8) is 0 Å². The van der Waals surface area contributed by atoms with E-state index in [0.717, 1.165) is 26.4 Å². The summed E-state index contributed by atoms with van der Waals surface area (Å²) in [7, 11) is 0. The van der Waals surface area contributed by atoms with Gasteiger partial charge in [0, 0.05) is 10.6 Å². The summed E-state index contributed by atoms with van der Waals surface area (Å²) in [5.74, 6) is -0.689. The van der Waals surface area contributed by atoms with Crippen molar-refractivity contribution in [2.24, 2.45) is 0 Å². The summed E-state index contributed by atoms with van der Waals surface area (Å²) in [4.78, 5) is 16.8. The third-order valence-corrected chi connectivity index (χ3v) is 5.24. The first-order valence-electron chi connectivity index (χ1n) is 6.73. The van der Waals surface area contributed by atoms with Gasteiger partial charge < -0.3 is 10.3 Å². The summed E-state index contributed by atoms with van der Waals surface area (Å²) in [5, 5.41) is 2.93. The molecule has 2 aromatic heterocycles. The first kappa shape index (κ1) is 15.1. The standard InChI is InChI=1S/C16H14ClFN2OS/c1-7-8(2)19-14-13(9(3)22-15(7)14)16(21)20-12-5-4-10(18)6-11(12)17/h4-6,19H,1-3H3,(H,20,21). The molecule has 0 unspecified atom stereocenters. The first-order chi connectivity index (χ1) is 10.4. The zero-order valence-electron chi connectivity index (χ0n) is 12.3. The second-order valence-corrected chi connectivity index (χ2v) is 6.82. The van der Waals surface area contributed by atoms with Gasteiger partial charge >= 0.3 is 0 Å². The van der Waals surface area contributed by atoms with E-state index in [4.69, 9.17) is 11.6 Å². The van der Waals surface area contributed by atoms with Crippen molar-refractivity contribution < 1.29 is 9.18 Å². The van der Waals surface area contributed by atoms with Gasteiger partial charge in [-0.1, -0.05) is 11.6 Å². The second-order valence-electron chi connectivity index (χ2n) is 5.19. The van der Waals surface area contributed by atoms with E-state index in [1.54, 1.807) is 11.3 Å². The number of halogens is 2. The Bertz CT molecular complexity index is 897. The van der Waals surface area contributed by atoms with Gasteiger partial charge in [-0.15, -0.1) is 11.3 Å². The molecular formula is C16H14ClFN2OS. The number of aromatic amines is 1. The lowest BCUT2D eigenvalue weighted by Crippen LogP contribution is -2.13. The van der Waals surface area contributed by atoms with Crippen molar-refractivity contribution in [2.45, 2.75) is 20.8 Å². The smallest absolute Gasteiger partial charge is 0.258 e. The Labute approximate surface area is 136 Å². The molecule has 1 aromatic carbocycles. The van der Waals surface area contributed by atoms with E-state index >= 15 is 0 Å². The number of nitrogens with one attached hydrogen (secondary N) is 2. The molecule has 6 heteroatoms. The third kappa shape index (κ3) is 2.40. The van der Waals surface area contributed by atoms with Crippen LogP contribution in [0.4, 0.5) is 10.1 Å². The number of rotatable bonds is 2. The van der Waals surface area contributed by atoms with Crippen molar-refractivity contribution in [1.29, 1.82) is 0 Å². The maximum atomic E-state index is 13.1. The maximum absolute atomic E-state index is 13.1. The van der Waals surface area contributed by atoms with Crippen LogP contribution < -0.4 is 5.32 Å². The lowest BCUT2D eigenvalue weighted by atomic mass is 10.2. The van der Waals surface area contributed by atoms with Gasteiger partial charge in [-0.2, -0.15) is 0 Å². The molecule has 3 rings (SSSR count). The molecule has 0 spiro atoms.